The number of anilines is 1. The first-order valence-electron chi connectivity index (χ1n) is 6.61. The van der Waals surface area contributed by atoms with Gasteiger partial charge in [0.25, 0.3) is 0 Å². The Balaban J connectivity index is 2.18. The van der Waals surface area contributed by atoms with Crippen LogP contribution < -0.4 is 5.32 Å². The van der Waals surface area contributed by atoms with Gasteiger partial charge < -0.3 is 20.1 Å². The van der Waals surface area contributed by atoms with Gasteiger partial charge in [0.1, 0.15) is 0 Å². The molecule has 0 unspecified atom stereocenters. The van der Waals surface area contributed by atoms with Crippen molar-refractivity contribution in [1.82, 2.24) is 4.90 Å². The third-order valence-corrected chi connectivity index (χ3v) is 3.84. The summed E-state index contributed by atoms with van der Waals surface area (Å²) in [7, 11) is 0. The summed E-state index contributed by atoms with van der Waals surface area (Å²) >= 11 is 3.27. The number of nitrogens with one attached hydrogen (secondary N) is 1. The Labute approximate surface area is 131 Å². The summed E-state index contributed by atoms with van der Waals surface area (Å²) < 4.78 is 6.11. The molecule has 2 N–H and O–H groups in total. The van der Waals surface area contributed by atoms with Crippen molar-refractivity contribution < 1.29 is 19.4 Å². The van der Waals surface area contributed by atoms with Gasteiger partial charge in [0.2, 0.25) is 0 Å². The van der Waals surface area contributed by atoms with Crippen LogP contribution in [0.1, 0.15) is 24.2 Å². The zero-order chi connectivity index (χ0) is 15.6. The number of hydrogen-bond donors (Lipinski definition) is 2. The second-order valence-electron chi connectivity index (χ2n) is 5.06. The first-order valence-corrected chi connectivity index (χ1v) is 7.41. The van der Waals surface area contributed by atoms with Gasteiger partial charge in [-0.3, -0.25) is 0 Å². The van der Waals surface area contributed by atoms with Crippen molar-refractivity contribution in [1.29, 1.82) is 0 Å². The van der Waals surface area contributed by atoms with Crippen LogP contribution in [0.5, 0.6) is 0 Å². The number of benzene rings is 1. The van der Waals surface area contributed by atoms with Gasteiger partial charge in [-0.2, -0.15) is 0 Å². The van der Waals surface area contributed by atoms with Crippen LogP contribution in [0, 0.1) is 0 Å². The minimum atomic E-state index is -1.09. The average molecular weight is 357 g/mol. The minimum absolute atomic E-state index is 0.0438. The van der Waals surface area contributed by atoms with E-state index in [0.717, 1.165) is 0 Å². The van der Waals surface area contributed by atoms with Crippen molar-refractivity contribution in [3.05, 3.63) is 28.2 Å². The molecule has 1 aliphatic rings. The molecule has 1 heterocycles. The summed E-state index contributed by atoms with van der Waals surface area (Å²) in [6, 6.07) is 4.42. The van der Waals surface area contributed by atoms with E-state index in [1.165, 1.54) is 6.07 Å². The molecule has 0 spiro atoms. The van der Waals surface area contributed by atoms with Crippen LogP contribution in [-0.2, 0) is 4.74 Å². The van der Waals surface area contributed by atoms with Crippen molar-refractivity contribution in [2.45, 2.75) is 26.1 Å². The molecular formula is C14H17BrN2O4. The number of hydrogen-bond acceptors (Lipinski definition) is 3. The second kappa shape index (κ2) is 6.44. The number of carboxylic acid groups (broad SMARTS) is 1. The lowest BCUT2D eigenvalue weighted by Crippen LogP contribution is -2.49. The molecule has 1 saturated heterocycles. The van der Waals surface area contributed by atoms with Crippen molar-refractivity contribution in [3.63, 3.8) is 0 Å². The minimum Gasteiger partial charge on any atom is -0.478 e. The monoisotopic (exact) mass is 356 g/mol. The Hall–Kier alpha value is -1.60. The Kier molecular flexibility index (Phi) is 4.84. The maximum absolute atomic E-state index is 12.3. The molecule has 2 amide bonds. The van der Waals surface area contributed by atoms with Gasteiger partial charge in [0.15, 0.2) is 0 Å². The van der Waals surface area contributed by atoms with E-state index in [1.54, 1.807) is 17.0 Å². The van der Waals surface area contributed by atoms with Gasteiger partial charge in [0, 0.05) is 17.6 Å². The van der Waals surface area contributed by atoms with Crippen LogP contribution in [0.15, 0.2) is 22.7 Å². The van der Waals surface area contributed by atoms with Gasteiger partial charge in [-0.05, 0) is 41.9 Å². The standard InChI is InChI=1S/C14H17BrN2O4/c1-8-6-17(7-9(2)21-8)14(20)16-12-10(13(18)19)4-3-5-11(12)15/h3-5,8-9H,6-7H2,1-2H3,(H,16,20)(H,18,19)/t8-,9+. The Morgan fingerprint density at radius 2 is 1.95 bits per heavy atom. The van der Waals surface area contributed by atoms with Crippen LogP contribution in [0.25, 0.3) is 0 Å². The number of morpholine rings is 1. The Bertz CT molecular complexity index is 554. The van der Waals surface area contributed by atoms with Gasteiger partial charge in [-0.15, -0.1) is 0 Å². The lowest BCUT2D eigenvalue weighted by Gasteiger charge is -2.35. The van der Waals surface area contributed by atoms with Gasteiger partial charge in [-0.1, -0.05) is 6.07 Å². The molecule has 0 bridgehead atoms. The zero-order valence-corrected chi connectivity index (χ0v) is 13.4. The first kappa shape index (κ1) is 15.8. The largest absolute Gasteiger partial charge is 0.478 e. The smallest absolute Gasteiger partial charge is 0.337 e. The van der Waals surface area contributed by atoms with E-state index in [4.69, 9.17) is 4.74 Å². The molecule has 1 aromatic rings. The Morgan fingerprint density at radius 3 is 2.52 bits per heavy atom. The van der Waals surface area contributed by atoms with Crippen molar-refractivity contribution in [2.24, 2.45) is 0 Å². The topological polar surface area (TPSA) is 78.9 Å². The van der Waals surface area contributed by atoms with E-state index in [2.05, 4.69) is 21.2 Å². The maximum atomic E-state index is 12.3. The highest BCUT2D eigenvalue weighted by atomic mass is 79.9. The normalized spacial score (nSPS) is 22.0. The van der Waals surface area contributed by atoms with E-state index in [1.807, 2.05) is 13.8 Å². The van der Waals surface area contributed by atoms with Crippen molar-refractivity contribution >= 4 is 33.6 Å². The highest BCUT2D eigenvalue weighted by Gasteiger charge is 2.27. The molecule has 6 nitrogen and oxygen atoms in total. The predicted molar refractivity (Wildman–Crippen MR) is 81.7 cm³/mol. The van der Waals surface area contributed by atoms with Crippen LogP contribution in [0.2, 0.25) is 0 Å². The molecule has 2 rings (SSSR count). The highest BCUT2D eigenvalue weighted by Crippen LogP contribution is 2.27. The van der Waals surface area contributed by atoms with E-state index in [0.29, 0.717) is 17.6 Å². The number of halogens is 1. The number of nitrogens with zero attached hydrogens (tertiary/aromatic N) is 1. The maximum Gasteiger partial charge on any atom is 0.337 e. The number of carbonyl (C=O) groups excluding carboxylic acids is 1. The van der Waals surface area contributed by atoms with E-state index >= 15 is 0 Å². The molecule has 114 valence electrons. The predicted octanol–water partition coefficient (Wildman–Crippen LogP) is 2.79. The molecular weight excluding hydrogens is 340 g/mol. The third-order valence-electron chi connectivity index (χ3n) is 3.18. The number of para-hydroxylation sites is 1. The fourth-order valence-corrected chi connectivity index (χ4v) is 2.82. The summed E-state index contributed by atoms with van der Waals surface area (Å²) in [6.07, 6.45) is -0.0877. The van der Waals surface area contributed by atoms with Crippen molar-refractivity contribution in [2.75, 3.05) is 18.4 Å². The van der Waals surface area contributed by atoms with E-state index in [9.17, 15) is 14.7 Å². The van der Waals surface area contributed by atoms with Crippen LogP contribution in [0.4, 0.5) is 10.5 Å². The quantitative estimate of drug-likeness (QED) is 0.853. The fraction of sp³-hybridized carbons (Fsp3) is 0.429. The molecule has 1 fully saturated rings. The highest BCUT2D eigenvalue weighted by molar-refractivity contribution is 9.10. The van der Waals surface area contributed by atoms with E-state index < -0.39 is 5.97 Å². The number of urea groups is 1. The average Bonchev–Trinajstić information content (AvgIpc) is 2.39. The lowest BCUT2D eigenvalue weighted by molar-refractivity contribution is -0.0530. The van der Waals surface area contributed by atoms with Gasteiger partial charge >= 0.3 is 12.0 Å². The van der Waals surface area contributed by atoms with E-state index in [-0.39, 0.29) is 29.5 Å². The molecule has 1 aliphatic heterocycles. The molecule has 1 aromatic carbocycles. The molecule has 21 heavy (non-hydrogen) atoms. The lowest BCUT2D eigenvalue weighted by atomic mass is 10.2. The number of aromatic carboxylic acids is 1. The molecule has 0 saturated carbocycles. The Morgan fingerprint density at radius 1 is 1.33 bits per heavy atom. The van der Waals surface area contributed by atoms with Gasteiger partial charge in [0.05, 0.1) is 23.5 Å². The molecule has 0 aliphatic carbocycles. The number of ether oxygens (including phenoxy) is 1. The van der Waals surface area contributed by atoms with Crippen LogP contribution >= 0.6 is 15.9 Å². The summed E-state index contributed by atoms with van der Waals surface area (Å²) in [5, 5.41) is 11.9. The van der Waals surface area contributed by atoms with Gasteiger partial charge in [-0.25, -0.2) is 9.59 Å². The number of carbonyl (C=O) groups is 2. The van der Waals surface area contributed by atoms with Crippen LogP contribution in [-0.4, -0.2) is 47.3 Å². The second-order valence-corrected chi connectivity index (χ2v) is 5.91. The summed E-state index contributed by atoms with van der Waals surface area (Å²) in [4.78, 5) is 25.2. The summed E-state index contributed by atoms with van der Waals surface area (Å²) in [5.41, 5.74) is 0.314. The molecule has 0 aromatic heterocycles. The van der Waals surface area contributed by atoms with Crippen LogP contribution in [0.3, 0.4) is 0 Å². The molecule has 0 radical (unpaired) electrons. The summed E-state index contributed by atoms with van der Waals surface area (Å²) in [5.74, 6) is -1.09. The summed E-state index contributed by atoms with van der Waals surface area (Å²) in [6.45, 7) is 4.75. The zero-order valence-electron chi connectivity index (χ0n) is 11.8. The first-order chi connectivity index (χ1) is 9.88. The number of rotatable bonds is 2. The SMILES string of the molecule is C[C@@H]1CN(C(=O)Nc2c(Br)cccc2C(=O)O)C[C@H](C)O1. The fourth-order valence-electron chi connectivity index (χ4n) is 2.36. The number of carboxylic acids is 1. The molecule has 2 atom stereocenters. The van der Waals surface area contributed by atoms with Crippen molar-refractivity contribution in [3.8, 4) is 0 Å². The number of amides is 2. The molecule has 7 heteroatoms. The third kappa shape index (κ3) is 3.74.